The maximum Gasteiger partial charge on any atom is 0.488 e. The van der Waals surface area contributed by atoms with Gasteiger partial charge >= 0.3 is 12.3 Å². The molecule has 64 valence electrons. The lowest BCUT2D eigenvalue weighted by atomic mass is 10.3. The van der Waals surface area contributed by atoms with E-state index in [-0.39, 0.29) is 11.4 Å². The van der Waals surface area contributed by atoms with Gasteiger partial charge in [0, 0.05) is 13.1 Å². The van der Waals surface area contributed by atoms with E-state index < -0.39 is 12.3 Å². The number of nitrogens with zero attached hydrogens (tertiary/aromatic N) is 1. The van der Waals surface area contributed by atoms with Crippen molar-refractivity contribution in [2.24, 2.45) is 0 Å². The largest absolute Gasteiger partial charge is 0.488 e. The standard InChI is InChI=1S/C5H7F3N2O/c6-5(7,8)10-3-1-2-9-4(10)11/h1-3H2,(H,9,11). The molecule has 1 saturated heterocycles. The molecule has 0 atom stereocenters. The lowest BCUT2D eigenvalue weighted by Crippen LogP contribution is -2.52. The van der Waals surface area contributed by atoms with E-state index in [1.165, 1.54) is 0 Å². The van der Waals surface area contributed by atoms with Crippen LogP contribution in [0.3, 0.4) is 0 Å². The van der Waals surface area contributed by atoms with Crippen LogP contribution in [0.5, 0.6) is 0 Å². The molecule has 0 unspecified atom stereocenters. The molecule has 3 nitrogen and oxygen atoms in total. The molecular formula is C5H7F3N2O. The highest BCUT2D eigenvalue weighted by Gasteiger charge is 2.41. The summed E-state index contributed by atoms with van der Waals surface area (Å²) in [6, 6.07) is -1.05. The maximum atomic E-state index is 11.9. The SMILES string of the molecule is O=C1NCCCN1C(F)(F)F. The highest BCUT2D eigenvalue weighted by Crippen LogP contribution is 2.22. The van der Waals surface area contributed by atoms with Gasteiger partial charge in [-0.05, 0) is 6.42 Å². The first-order chi connectivity index (χ1) is 5.02. The van der Waals surface area contributed by atoms with Crippen molar-refractivity contribution in [2.75, 3.05) is 13.1 Å². The Morgan fingerprint density at radius 3 is 2.45 bits per heavy atom. The Kier molecular flexibility index (Phi) is 1.92. The fraction of sp³-hybridized carbons (Fsp3) is 0.800. The number of hydrogen-bond donors (Lipinski definition) is 1. The van der Waals surface area contributed by atoms with Gasteiger partial charge in [0.2, 0.25) is 0 Å². The van der Waals surface area contributed by atoms with Crippen molar-refractivity contribution in [3.8, 4) is 0 Å². The molecule has 11 heavy (non-hydrogen) atoms. The van der Waals surface area contributed by atoms with E-state index in [0.29, 0.717) is 13.0 Å². The Bertz CT molecular complexity index is 168. The van der Waals surface area contributed by atoms with Gasteiger partial charge < -0.3 is 5.32 Å². The molecule has 6 heteroatoms. The molecule has 2 amide bonds. The van der Waals surface area contributed by atoms with Crippen molar-refractivity contribution in [1.29, 1.82) is 0 Å². The smallest absolute Gasteiger partial charge is 0.338 e. The van der Waals surface area contributed by atoms with E-state index >= 15 is 0 Å². The summed E-state index contributed by atoms with van der Waals surface area (Å²) in [7, 11) is 0. The molecule has 0 aromatic carbocycles. The first kappa shape index (κ1) is 8.16. The van der Waals surface area contributed by atoms with Gasteiger partial charge in [0.1, 0.15) is 0 Å². The minimum atomic E-state index is -4.54. The molecule has 0 radical (unpaired) electrons. The van der Waals surface area contributed by atoms with Gasteiger partial charge in [-0.25, -0.2) is 9.69 Å². The predicted molar refractivity (Wildman–Crippen MR) is 30.8 cm³/mol. The normalized spacial score (nSPS) is 19.9. The third-order valence-corrected chi connectivity index (χ3v) is 1.39. The molecule has 1 aliphatic rings. The minimum Gasteiger partial charge on any atom is -0.338 e. The fourth-order valence-electron chi connectivity index (χ4n) is 0.871. The number of nitrogens with one attached hydrogen (secondary N) is 1. The first-order valence-electron chi connectivity index (χ1n) is 3.14. The number of hydrogen-bond acceptors (Lipinski definition) is 1. The first-order valence-corrected chi connectivity index (χ1v) is 3.14. The highest BCUT2D eigenvalue weighted by molar-refractivity contribution is 5.75. The second-order valence-corrected chi connectivity index (χ2v) is 2.20. The number of halogens is 3. The van der Waals surface area contributed by atoms with Gasteiger partial charge in [0.05, 0.1) is 0 Å². The van der Waals surface area contributed by atoms with Gasteiger partial charge in [-0.1, -0.05) is 0 Å². The minimum absolute atomic E-state index is 0.128. The molecule has 0 aliphatic carbocycles. The van der Waals surface area contributed by atoms with Crippen molar-refractivity contribution < 1.29 is 18.0 Å². The maximum absolute atomic E-state index is 11.9. The van der Waals surface area contributed by atoms with Crippen molar-refractivity contribution in [3.05, 3.63) is 0 Å². The molecule has 0 saturated carbocycles. The second kappa shape index (κ2) is 2.60. The number of carbonyl (C=O) groups is 1. The average Bonchev–Trinajstić information content (AvgIpc) is 1.86. The van der Waals surface area contributed by atoms with E-state index in [2.05, 4.69) is 5.32 Å². The summed E-state index contributed by atoms with van der Waals surface area (Å²) in [6.07, 6.45) is -4.20. The third kappa shape index (κ3) is 1.75. The van der Waals surface area contributed by atoms with Crippen LogP contribution in [0, 0.1) is 0 Å². The van der Waals surface area contributed by atoms with Crippen LogP contribution in [-0.2, 0) is 0 Å². The van der Waals surface area contributed by atoms with Gasteiger partial charge in [-0.3, -0.25) is 0 Å². The predicted octanol–water partition coefficient (Wildman–Crippen LogP) is 0.922. The van der Waals surface area contributed by atoms with Crippen LogP contribution >= 0.6 is 0 Å². The van der Waals surface area contributed by atoms with Gasteiger partial charge in [-0.15, -0.1) is 13.2 Å². The van der Waals surface area contributed by atoms with Crippen molar-refractivity contribution in [3.63, 3.8) is 0 Å². The lowest BCUT2D eigenvalue weighted by Gasteiger charge is -2.28. The van der Waals surface area contributed by atoms with Crippen LogP contribution in [0.1, 0.15) is 6.42 Å². The molecule has 0 aromatic rings. The zero-order valence-electron chi connectivity index (χ0n) is 5.61. The monoisotopic (exact) mass is 168 g/mol. The number of amides is 2. The van der Waals surface area contributed by atoms with Crippen LogP contribution in [-0.4, -0.2) is 30.3 Å². The van der Waals surface area contributed by atoms with Crippen LogP contribution in [0.4, 0.5) is 18.0 Å². The summed E-state index contributed by atoms with van der Waals surface area (Å²) in [4.78, 5) is 10.4. The molecule has 1 aliphatic heterocycles. The Balaban J connectivity index is 2.62. The van der Waals surface area contributed by atoms with Crippen LogP contribution in [0.2, 0.25) is 0 Å². The summed E-state index contributed by atoms with van der Waals surface area (Å²) >= 11 is 0. The van der Waals surface area contributed by atoms with Gasteiger partial charge in [-0.2, -0.15) is 0 Å². The number of urea groups is 1. The van der Waals surface area contributed by atoms with Gasteiger partial charge in [0.15, 0.2) is 0 Å². The lowest BCUT2D eigenvalue weighted by molar-refractivity contribution is -0.225. The number of alkyl halides is 3. The Morgan fingerprint density at radius 2 is 2.09 bits per heavy atom. The average molecular weight is 168 g/mol. The molecule has 1 rings (SSSR count). The molecule has 0 spiro atoms. The van der Waals surface area contributed by atoms with E-state index in [9.17, 15) is 18.0 Å². The Hall–Kier alpha value is -0.940. The zero-order valence-corrected chi connectivity index (χ0v) is 5.61. The van der Waals surface area contributed by atoms with E-state index in [1.54, 1.807) is 0 Å². The van der Waals surface area contributed by atoms with Crippen molar-refractivity contribution in [1.82, 2.24) is 10.2 Å². The topological polar surface area (TPSA) is 32.3 Å². The zero-order chi connectivity index (χ0) is 8.48. The van der Waals surface area contributed by atoms with E-state index in [0.717, 1.165) is 0 Å². The van der Waals surface area contributed by atoms with E-state index in [1.807, 2.05) is 0 Å². The molecule has 1 N–H and O–H groups in total. The molecule has 0 aromatic heterocycles. The van der Waals surface area contributed by atoms with Crippen molar-refractivity contribution >= 4 is 6.03 Å². The van der Waals surface area contributed by atoms with Crippen molar-refractivity contribution in [2.45, 2.75) is 12.7 Å². The van der Waals surface area contributed by atoms with Gasteiger partial charge in [0.25, 0.3) is 0 Å². The van der Waals surface area contributed by atoms with Crippen LogP contribution < -0.4 is 5.32 Å². The highest BCUT2D eigenvalue weighted by atomic mass is 19.4. The summed E-state index contributed by atoms with van der Waals surface area (Å²) in [6.45, 7) is 0.0841. The summed E-state index contributed by atoms with van der Waals surface area (Å²) < 4.78 is 35.6. The Morgan fingerprint density at radius 1 is 1.45 bits per heavy atom. The molecule has 1 heterocycles. The summed E-state index contributed by atoms with van der Waals surface area (Å²) in [5.74, 6) is 0. The summed E-state index contributed by atoms with van der Waals surface area (Å²) in [5.41, 5.74) is 0. The molecule has 1 fully saturated rings. The summed E-state index contributed by atoms with van der Waals surface area (Å²) in [5, 5.41) is 2.11. The van der Waals surface area contributed by atoms with Crippen LogP contribution in [0.15, 0.2) is 0 Å². The second-order valence-electron chi connectivity index (χ2n) is 2.20. The number of carbonyl (C=O) groups excluding carboxylic acids is 1. The Labute approximate surface area is 61.2 Å². The number of rotatable bonds is 0. The van der Waals surface area contributed by atoms with E-state index in [4.69, 9.17) is 0 Å². The van der Waals surface area contributed by atoms with Crippen LogP contribution in [0.25, 0.3) is 0 Å². The quantitative estimate of drug-likeness (QED) is 0.536. The third-order valence-electron chi connectivity index (χ3n) is 1.39. The molecular weight excluding hydrogens is 161 g/mol. The fourth-order valence-corrected chi connectivity index (χ4v) is 0.871. The molecule has 0 bridgehead atoms.